The summed E-state index contributed by atoms with van der Waals surface area (Å²) in [4.78, 5) is 4.46. The Bertz CT molecular complexity index is 340. The molecule has 1 heteroatoms. The second-order valence-electron chi connectivity index (χ2n) is 5.00. The van der Waals surface area contributed by atoms with E-state index in [2.05, 4.69) is 23.7 Å². The van der Waals surface area contributed by atoms with Crippen molar-refractivity contribution in [2.45, 2.75) is 51.4 Å². The highest BCUT2D eigenvalue weighted by atomic mass is 14.7. The normalized spacial score (nSPS) is 10.9. The molecule has 0 amide bonds. The van der Waals surface area contributed by atoms with Crippen LogP contribution < -0.4 is 0 Å². The third-order valence-electron chi connectivity index (χ3n) is 3.24. The smallest absolute Gasteiger partial charge is 0.0389 e. The van der Waals surface area contributed by atoms with Gasteiger partial charge in [-0.2, -0.15) is 0 Å². The number of hydrogen-bond acceptors (Lipinski definition) is 1. The second-order valence-corrected chi connectivity index (χ2v) is 5.00. The summed E-state index contributed by atoms with van der Waals surface area (Å²) in [6, 6.07) is 10.3. The van der Waals surface area contributed by atoms with Crippen molar-refractivity contribution in [1.82, 2.24) is 0 Å². The molecule has 0 spiro atoms. The summed E-state index contributed by atoms with van der Waals surface area (Å²) in [5.41, 5.74) is 1.20. The third-order valence-corrected chi connectivity index (χ3v) is 3.24. The number of hydrogen-bond donors (Lipinski definition) is 0. The van der Waals surface area contributed by atoms with Gasteiger partial charge in [-0.1, -0.05) is 68.5 Å². The minimum atomic E-state index is 0.964. The molecule has 0 N–H and O–H groups in total. The van der Waals surface area contributed by atoms with Gasteiger partial charge in [0.15, 0.2) is 0 Å². The summed E-state index contributed by atoms with van der Waals surface area (Å²) in [5, 5.41) is 0. The molecule has 104 valence electrons. The highest BCUT2D eigenvalue weighted by Crippen LogP contribution is 2.08. The largest absolute Gasteiger partial charge is 0.293 e. The minimum absolute atomic E-state index is 0.964. The molecule has 0 aromatic heterocycles. The topological polar surface area (TPSA) is 12.4 Å². The van der Waals surface area contributed by atoms with Crippen LogP contribution in [0.2, 0.25) is 0 Å². The van der Waals surface area contributed by atoms with Gasteiger partial charge in [0.1, 0.15) is 0 Å². The first-order valence-corrected chi connectivity index (χ1v) is 7.59. The average molecular weight is 257 g/mol. The molecule has 0 fully saturated rings. The molecule has 0 aliphatic rings. The molecule has 1 nitrogen and oxygen atoms in total. The molecule has 19 heavy (non-hydrogen) atoms. The number of allylic oxidation sites excluding steroid dienone is 1. The molecule has 0 saturated heterocycles. The van der Waals surface area contributed by atoms with Crippen LogP contribution in [-0.4, -0.2) is 12.8 Å². The van der Waals surface area contributed by atoms with Gasteiger partial charge in [-0.05, 0) is 24.8 Å². The maximum Gasteiger partial charge on any atom is 0.0389 e. The number of benzene rings is 1. The first-order chi connectivity index (χ1) is 9.43. The molecule has 0 aliphatic heterocycles. The van der Waals surface area contributed by atoms with Gasteiger partial charge in [-0.3, -0.25) is 4.99 Å². The summed E-state index contributed by atoms with van der Waals surface area (Å²) >= 11 is 0. The van der Waals surface area contributed by atoms with E-state index in [0.29, 0.717) is 0 Å². The second kappa shape index (κ2) is 11.7. The van der Waals surface area contributed by atoms with E-state index >= 15 is 0 Å². The highest BCUT2D eigenvalue weighted by Gasteiger charge is 1.91. The SMILES string of the molecule is C=CCCCCCCCCCN=Cc1ccccc1. The fourth-order valence-electron chi connectivity index (χ4n) is 2.08. The van der Waals surface area contributed by atoms with Gasteiger partial charge in [-0.25, -0.2) is 0 Å². The molecule has 1 rings (SSSR count). The first-order valence-electron chi connectivity index (χ1n) is 7.59. The van der Waals surface area contributed by atoms with Gasteiger partial charge >= 0.3 is 0 Å². The third kappa shape index (κ3) is 9.24. The van der Waals surface area contributed by atoms with Crippen molar-refractivity contribution in [2.24, 2.45) is 4.99 Å². The zero-order chi connectivity index (χ0) is 13.6. The van der Waals surface area contributed by atoms with Crippen molar-refractivity contribution in [3.05, 3.63) is 48.6 Å². The summed E-state index contributed by atoms with van der Waals surface area (Å²) in [7, 11) is 0. The van der Waals surface area contributed by atoms with Gasteiger partial charge < -0.3 is 0 Å². The van der Waals surface area contributed by atoms with Crippen LogP contribution in [0.3, 0.4) is 0 Å². The van der Waals surface area contributed by atoms with Gasteiger partial charge in [0.05, 0.1) is 0 Å². The van der Waals surface area contributed by atoms with Crippen LogP contribution in [0.5, 0.6) is 0 Å². The zero-order valence-corrected chi connectivity index (χ0v) is 12.1. The van der Waals surface area contributed by atoms with Crippen molar-refractivity contribution < 1.29 is 0 Å². The fraction of sp³-hybridized carbons (Fsp3) is 0.500. The van der Waals surface area contributed by atoms with E-state index in [0.717, 1.165) is 6.54 Å². The Morgan fingerprint density at radius 2 is 1.47 bits per heavy atom. The van der Waals surface area contributed by atoms with Crippen molar-refractivity contribution in [3.63, 3.8) is 0 Å². The molecule has 0 aliphatic carbocycles. The van der Waals surface area contributed by atoms with Crippen LogP contribution in [0.4, 0.5) is 0 Å². The number of rotatable bonds is 11. The summed E-state index contributed by atoms with van der Waals surface area (Å²) < 4.78 is 0. The average Bonchev–Trinajstić information content (AvgIpc) is 2.46. The molecular formula is C18H27N. The molecule has 0 radical (unpaired) electrons. The Hall–Kier alpha value is -1.37. The van der Waals surface area contributed by atoms with E-state index in [1.165, 1.54) is 56.9 Å². The Kier molecular flexibility index (Phi) is 9.66. The van der Waals surface area contributed by atoms with Gasteiger partial charge in [0, 0.05) is 12.8 Å². The monoisotopic (exact) mass is 257 g/mol. The lowest BCUT2D eigenvalue weighted by Gasteiger charge is -2.00. The van der Waals surface area contributed by atoms with E-state index < -0.39 is 0 Å². The highest BCUT2D eigenvalue weighted by molar-refractivity contribution is 5.79. The molecule has 0 bridgehead atoms. The van der Waals surface area contributed by atoms with E-state index in [1.807, 2.05) is 30.5 Å². The maximum absolute atomic E-state index is 4.46. The Morgan fingerprint density at radius 3 is 2.16 bits per heavy atom. The van der Waals surface area contributed by atoms with Crippen molar-refractivity contribution in [2.75, 3.05) is 6.54 Å². The van der Waals surface area contributed by atoms with E-state index in [-0.39, 0.29) is 0 Å². The van der Waals surface area contributed by atoms with Crippen LogP contribution in [-0.2, 0) is 0 Å². The standard InChI is InChI=1S/C18H27N/c1-2-3-4-5-6-7-8-9-13-16-19-17-18-14-11-10-12-15-18/h2,10-12,14-15,17H,1,3-9,13,16H2. The van der Waals surface area contributed by atoms with Crippen LogP contribution in [0.25, 0.3) is 0 Å². The van der Waals surface area contributed by atoms with Gasteiger partial charge in [0.2, 0.25) is 0 Å². The minimum Gasteiger partial charge on any atom is -0.293 e. The predicted octanol–water partition coefficient (Wildman–Crippen LogP) is 5.41. The first kappa shape index (κ1) is 15.7. The molecule has 1 aromatic carbocycles. The Labute approximate surface area is 118 Å². The van der Waals surface area contributed by atoms with Crippen LogP contribution in [0, 0.1) is 0 Å². The Morgan fingerprint density at radius 1 is 0.842 bits per heavy atom. The van der Waals surface area contributed by atoms with Crippen molar-refractivity contribution in [1.29, 1.82) is 0 Å². The number of aliphatic imine (C=N–C) groups is 1. The van der Waals surface area contributed by atoms with E-state index in [1.54, 1.807) is 0 Å². The maximum atomic E-state index is 4.46. The van der Waals surface area contributed by atoms with Crippen molar-refractivity contribution >= 4 is 6.21 Å². The number of nitrogens with zero attached hydrogens (tertiary/aromatic N) is 1. The molecule has 0 unspecified atom stereocenters. The van der Waals surface area contributed by atoms with Crippen LogP contribution >= 0.6 is 0 Å². The van der Waals surface area contributed by atoms with Crippen LogP contribution in [0.1, 0.15) is 56.9 Å². The number of unbranched alkanes of at least 4 members (excludes halogenated alkanes) is 7. The molecule has 0 heterocycles. The molecule has 0 atom stereocenters. The lowest BCUT2D eigenvalue weighted by Crippen LogP contribution is -1.86. The summed E-state index contributed by atoms with van der Waals surface area (Å²) in [6.45, 7) is 4.71. The molecule has 1 aromatic rings. The van der Waals surface area contributed by atoms with Gasteiger partial charge in [0.25, 0.3) is 0 Å². The quantitative estimate of drug-likeness (QED) is 0.285. The van der Waals surface area contributed by atoms with Crippen molar-refractivity contribution in [3.8, 4) is 0 Å². The van der Waals surface area contributed by atoms with E-state index in [9.17, 15) is 0 Å². The van der Waals surface area contributed by atoms with Gasteiger partial charge in [-0.15, -0.1) is 6.58 Å². The predicted molar refractivity (Wildman–Crippen MR) is 86.0 cm³/mol. The Balaban J connectivity index is 1.89. The van der Waals surface area contributed by atoms with Crippen LogP contribution in [0.15, 0.2) is 48.0 Å². The summed E-state index contributed by atoms with van der Waals surface area (Å²) in [6.07, 6.45) is 14.5. The fourth-order valence-corrected chi connectivity index (χ4v) is 2.08. The molecule has 0 saturated carbocycles. The van der Waals surface area contributed by atoms with E-state index in [4.69, 9.17) is 0 Å². The lowest BCUT2D eigenvalue weighted by molar-refractivity contribution is 0.585. The molecular weight excluding hydrogens is 230 g/mol. The lowest BCUT2D eigenvalue weighted by atomic mass is 10.1. The summed E-state index contributed by atoms with van der Waals surface area (Å²) in [5.74, 6) is 0. The zero-order valence-electron chi connectivity index (χ0n) is 12.1.